The first-order valence-electron chi connectivity index (χ1n) is 15.7. The van der Waals surface area contributed by atoms with Crippen LogP contribution in [0.1, 0.15) is 60.9 Å². The molecule has 2 aromatic carbocycles. The van der Waals surface area contributed by atoms with Crippen molar-refractivity contribution < 1.29 is 28.8 Å². The molecule has 1 saturated heterocycles. The summed E-state index contributed by atoms with van der Waals surface area (Å²) in [6, 6.07) is 11.6. The molecule has 13 nitrogen and oxygen atoms in total. The van der Waals surface area contributed by atoms with Crippen LogP contribution in [0.5, 0.6) is 0 Å². The molecule has 1 atom stereocenters. The molecule has 3 heterocycles. The van der Waals surface area contributed by atoms with Gasteiger partial charge in [-0.25, -0.2) is 4.98 Å². The molecule has 0 spiro atoms. The standard InChI is InChI=1S/C33H36ClN7O6S/c34-23-9-2-1-7-21(23)25-19-48-33(39-25)37-17-30(45)36-16-4-3-15-35-27(42)13-14-29(44)38-24-10-5-8-20-22(24)18-41(32(20)47)26-11-6-12-28(43)40-31(26)46/h1-2,5,7-10,19,26H,3-4,6,11-18H2,(H,35,42)(H,36,45)(H,37,39)(H,38,44)(H,40,43,46)/t26-/m0/s1. The molecule has 252 valence electrons. The van der Waals surface area contributed by atoms with Gasteiger partial charge in [-0.2, -0.15) is 0 Å². The summed E-state index contributed by atoms with van der Waals surface area (Å²) in [5, 5.41) is 16.9. The van der Waals surface area contributed by atoms with Crippen LogP contribution in [0.3, 0.4) is 0 Å². The number of amides is 6. The van der Waals surface area contributed by atoms with Crippen molar-refractivity contribution in [2.45, 2.75) is 57.5 Å². The molecule has 1 fully saturated rings. The second-order valence-corrected chi connectivity index (χ2v) is 12.7. The highest BCUT2D eigenvalue weighted by atomic mass is 35.5. The third-order valence-corrected chi connectivity index (χ3v) is 9.10. The van der Waals surface area contributed by atoms with Crippen LogP contribution in [-0.2, 0) is 30.5 Å². The summed E-state index contributed by atoms with van der Waals surface area (Å²) in [4.78, 5) is 80.4. The largest absolute Gasteiger partial charge is 0.356 e. The van der Waals surface area contributed by atoms with Crippen LogP contribution in [0, 0.1) is 0 Å². The smallest absolute Gasteiger partial charge is 0.255 e. The lowest BCUT2D eigenvalue weighted by atomic mass is 10.1. The first kappa shape index (κ1) is 34.5. The normalized spacial score (nSPS) is 15.7. The van der Waals surface area contributed by atoms with Crippen molar-refractivity contribution in [3.05, 3.63) is 64.0 Å². The number of benzene rings is 2. The Morgan fingerprint density at radius 3 is 2.46 bits per heavy atom. The zero-order chi connectivity index (χ0) is 34.0. The number of rotatable bonds is 14. The molecular formula is C33H36ClN7O6S. The van der Waals surface area contributed by atoms with Crippen molar-refractivity contribution >= 4 is 69.2 Å². The number of halogens is 1. The Bertz CT molecular complexity index is 1710. The first-order chi connectivity index (χ1) is 23.2. The van der Waals surface area contributed by atoms with Crippen LogP contribution >= 0.6 is 22.9 Å². The highest BCUT2D eigenvalue weighted by Gasteiger charge is 2.38. The van der Waals surface area contributed by atoms with E-state index in [1.165, 1.54) is 16.2 Å². The van der Waals surface area contributed by atoms with E-state index < -0.39 is 11.9 Å². The van der Waals surface area contributed by atoms with Gasteiger partial charge in [-0.05, 0) is 43.9 Å². The van der Waals surface area contributed by atoms with E-state index in [-0.39, 0.29) is 61.9 Å². The maximum atomic E-state index is 13.1. The Labute approximate surface area is 286 Å². The van der Waals surface area contributed by atoms with Crippen molar-refractivity contribution in [3.63, 3.8) is 0 Å². The predicted molar refractivity (Wildman–Crippen MR) is 181 cm³/mol. The number of thiazole rings is 1. The fourth-order valence-corrected chi connectivity index (χ4v) is 6.43. The van der Waals surface area contributed by atoms with E-state index in [0.29, 0.717) is 65.7 Å². The second-order valence-electron chi connectivity index (χ2n) is 11.4. The highest BCUT2D eigenvalue weighted by Crippen LogP contribution is 2.33. The molecule has 1 aromatic heterocycles. The van der Waals surface area contributed by atoms with E-state index in [1.54, 1.807) is 24.3 Å². The fraction of sp³-hybridized carbons (Fsp3) is 0.364. The van der Waals surface area contributed by atoms with E-state index in [0.717, 1.165) is 11.3 Å². The van der Waals surface area contributed by atoms with Crippen molar-refractivity contribution in [3.8, 4) is 11.3 Å². The van der Waals surface area contributed by atoms with Gasteiger partial charge in [0.25, 0.3) is 5.91 Å². The first-order valence-corrected chi connectivity index (χ1v) is 17.0. The number of hydrogen-bond donors (Lipinski definition) is 5. The van der Waals surface area contributed by atoms with E-state index in [4.69, 9.17) is 11.6 Å². The predicted octanol–water partition coefficient (Wildman–Crippen LogP) is 3.46. The number of nitrogens with zero attached hydrogens (tertiary/aromatic N) is 2. The van der Waals surface area contributed by atoms with E-state index in [1.807, 2.05) is 23.6 Å². The Morgan fingerprint density at radius 2 is 1.67 bits per heavy atom. The van der Waals surface area contributed by atoms with Gasteiger partial charge >= 0.3 is 0 Å². The Balaban J connectivity index is 0.955. The lowest BCUT2D eigenvalue weighted by Crippen LogP contribution is -2.46. The molecule has 2 aliphatic heterocycles. The van der Waals surface area contributed by atoms with Gasteiger partial charge in [0.1, 0.15) is 6.04 Å². The van der Waals surface area contributed by atoms with Gasteiger partial charge in [-0.15, -0.1) is 11.3 Å². The highest BCUT2D eigenvalue weighted by molar-refractivity contribution is 7.14. The number of carbonyl (C=O) groups excluding carboxylic acids is 6. The molecule has 6 amide bonds. The number of unbranched alkanes of at least 4 members (excludes halogenated alkanes) is 1. The topological polar surface area (TPSA) is 179 Å². The van der Waals surface area contributed by atoms with E-state index >= 15 is 0 Å². The zero-order valence-corrected chi connectivity index (χ0v) is 27.7. The summed E-state index contributed by atoms with van der Waals surface area (Å²) in [6.45, 7) is 1.06. The third-order valence-electron chi connectivity index (χ3n) is 7.97. The lowest BCUT2D eigenvalue weighted by molar-refractivity contribution is -0.132. The van der Waals surface area contributed by atoms with Gasteiger partial charge < -0.3 is 26.2 Å². The Hall–Kier alpha value is -4.82. The quantitative estimate of drug-likeness (QED) is 0.126. The Morgan fingerprint density at radius 1 is 0.938 bits per heavy atom. The molecule has 5 rings (SSSR count). The van der Waals surface area contributed by atoms with Gasteiger partial charge in [-0.3, -0.25) is 34.1 Å². The van der Waals surface area contributed by atoms with E-state index in [9.17, 15) is 28.8 Å². The molecule has 2 aliphatic rings. The SMILES string of the molecule is O=C(CCC(=O)Nc1cccc2c1CN([C@H]1CCCC(=O)NC1=O)C2=O)NCCCCNC(=O)CNc1nc(-c2ccccc2Cl)cs1. The van der Waals surface area contributed by atoms with E-state index in [2.05, 4.69) is 31.6 Å². The van der Waals surface area contributed by atoms with Crippen LogP contribution < -0.4 is 26.6 Å². The molecule has 0 unspecified atom stereocenters. The third kappa shape index (κ3) is 8.95. The van der Waals surface area contributed by atoms with Gasteiger partial charge in [-0.1, -0.05) is 35.9 Å². The Kier molecular flexibility index (Phi) is 11.7. The summed E-state index contributed by atoms with van der Waals surface area (Å²) in [5.41, 5.74) is 3.00. The van der Waals surface area contributed by atoms with Crippen molar-refractivity contribution in [2.75, 3.05) is 30.3 Å². The molecular weight excluding hydrogens is 658 g/mol. The monoisotopic (exact) mass is 693 g/mol. The molecule has 0 saturated carbocycles. The minimum absolute atomic E-state index is 0.0143. The number of hydrogen-bond acceptors (Lipinski definition) is 9. The maximum Gasteiger partial charge on any atom is 0.255 e. The molecule has 3 aromatic rings. The van der Waals surface area contributed by atoms with Crippen molar-refractivity contribution in [1.82, 2.24) is 25.8 Å². The average molecular weight is 694 g/mol. The van der Waals surface area contributed by atoms with Gasteiger partial charge in [0.15, 0.2) is 5.13 Å². The van der Waals surface area contributed by atoms with Crippen molar-refractivity contribution in [1.29, 1.82) is 0 Å². The number of nitrogens with one attached hydrogen (secondary N) is 5. The van der Waals surface area contributed by atoms with Gasteiger partial charge in [0.2, 0.25) is 29.5 Å². The molecule has 48 heavy (non-hydrogen) atoms. The van der Waals surface area contributed by atoms with Crippen LogP contribution in [0.15, 0.2) is 47.8 Å². The van der Waals surface area contributed by atoms with Crippen LogP contribution in [0.2, 0.25) is 5.02 Å². The zero-order valence-electron chi connectivity index (χ0n) is 26.1. The summed E-state index contributed by atoms with van der Waals surface area (Å²) in [6.07, 6.45) is 2.33. The van der Waals surface area contributed by atoms with Gasteiger partial charge in [0.05, 0.1) is 12.2 Å². The number of carbonyl (C=O) groups is 6. The average Bonchev–Trinajstić information content (AvgIpc) is 3.63. The molecule has 0 bridgehead atoms. The van der Waals surface area contributed by atoms with Crippen molar-refractivity contribution in [2.24, 2.45) is 0 Å². The molecule has 15 heteroatoms. The van der Waals surface area contributed by atoms with Crippen LogP contribution in [0.25, 0.3) is 11.3 Å². The fourth-order valence-electron chi connectivity index (χ4n) is 5.49. The number of fused-ring (bicyclic) bond motifs is 1. The van der Waals surface area contributed by atoms with Gasteiger partial charge in [0, 0.05) is 71.7 Å². The minimum Gasteiger partial charge on any atom is -0.356 e. The molecule has 5 N–H and O–H groups in total. The molecule has 0 aliphatic carbocycles. The summed E-state index contributed by atoms with van der Waals surface area (Å²) < 4.78 is 0. The van der Waals surface area contributed by atoms with Crippen LogP contribution in [-0.4, -0.2) is 71.0 Å². The second kappa shape index (κ2) is 16.3. The lowest BCUT2D eigenvalue weighted by Gasteiger charge is -2.24. The summed E-state index contributed by atoms with van der Waals surface area (Å²) in [7, 11) is 0. The maximum absolute atomic E-state index is 13.1. The minimum atomic E-state index is -0.763. The summed E-state index contributed by atoms with van der Waals surface area (Å²) in [5.74, 6) is -2.00. The summed E-state index contributed by atoms with van der Waals surface area (Å²) >= 11 is 7.62. The number of anilines is 2. The number of aromatic nitrogens is 1. The number of imide groups is 1. The molecule has 0 radical (unpaired) electrons. The van der Waals surface area contributed by atoms with Crippen LogP contribution in [0.4, 0.5) is 10.8 Å².